The summed E-state index contributed by atoms with van der Waals surface area (Å²) in [5, 5.41) is 9.25. The first-order chi connectivity index (χ1) is 7.31. The highest BCUT2D eigenvalue weighted by Gasteiger charge is 2.31. The van der Waals surface area contributed by atoms with Gasteiger partial charge in [-0.1, -0.05) is 6.08 Å². The van der Waals surface area contributed by atoms with Gasteiger partial charge in [-0.05, 0) is 17.7 Å². The summed E-state index contributed by atoms with van der Waals surface area (Å²) in [7, 11) is 0. The molecule has 1 atom stereocenters. The van der Waals surface area contributed by atoms with Gasteiger partial charge in [-0.15, -0.1) is 19.8 Å². The summed E-state index contributed by atoms with van der Waals surface area (Å²) in [6, 6.07) is 2.37. The van der Waals surface area contributed by atoms with E-state index in [0.717, 1.165) is 18.2 Å². The van der Waals surface area contributed by atoms with Crippen LogP contribution in [0.25, 0.3) is 0 Å². The predicted molar refractivity (Wildman–Crippen MR) is 48.2 cm³/mol. The Labute approximate surface area is 88.8 Å². The molecule has 1 aromatic carbocycles. The van der Waals surface area contributed by atoms with Crippen LogP contribution in [-0.2, 0) is 0 Å². The molecule has 0 spiro atoms. The van der Waals surface area contributed by atoms with Gasteiger partial charge in [0.1, 0.15) is 11.6 Å². The first-order valence-corrected chi connectivity index (χ1v) is 4.18. The Morgan fingerprint density at radius 1 is 1.31 bits per heavy atom. The Balaban J connectivity index is 3.03. The Bertz CT molecular complexity index is 387. The number of rotatable bonds is 3. The molecular weight excluding hydrogens is 228 g/mol. The van der Waals surface area contributed by atoms with E-state index in [4.69, 9.17) is 0 Å². The van der Waals surface area contributed by atoms with Crippen LogP contribution in [0.4, 0.5) is 17.6 Å². The monoisotopic (exact) mass is 236 g/mol. The molecular formula is C10H8F4O2. The SMILES string of the molecule is C=CC(O)c1cc(F)cc(OC(F)(F)F)c1. The highest BCUT2D eigenvalue weighted by atomic mass is 19.4. The standard InChI is InChI=1S/C10H8F4O2/c1-2-9(15)6-3-7(11)5-8(4-6)16-10(12,13)14/h2-5,9,15H,1H2. The minimum absolute atomic E-state index is 0.0609. The van der Waals surface area contributed by atoms with Crippen LogP contribution in [0.5, 0.6) is 5.75 Å². The number of hydrogen-bond donors (Lipinski definition) is 1. The molecule has 1 rings (SSSR count). The smallest absolute Gasteiger partial charge is 0.406 e. The molecule has 0 radical (unpaired) electrons. The maximum atomic E-state index is 12.9. The average molecular weight is 236 g/mol. The third-order valence-corrected chi connectivity index (χ3v) is 1.69. The summed E-state index contributed by atoms with van der Waals surface area (Å²) in [6.45, 7) is 3.24. The maximum Gasteiger partial charge on any atom is 0.573 e. The molecule has 88 valence electrons. The van der Waals surface area contributed by atoms with Crippen molar-refractivity contribution < 1.29 is 27.4 Å². The Morgan fingerprint density at radius 3 is 2.44 bits per heavy atom. The van der Waals surface area contributed by atoms with Crippen molar-refractivity contribution in [2.24, 2.45) is 0 Å². The zero-order valence-electron chi connectivity index (χ0n) is 7.96. The molecule has 6 heteroatoms. The number of alkyl halides is 3. The second kappa shape index (κ2) is 4.52. The predicted octanol–water partition coefficient (Wildman–Crippen LogP) is 2.94. The maximum absolute atomic E-state index is 12.9. The van der Waals surface area contributed by atoms with Crippen LogP contribution in [0.15, 0.2) is 30.9 Å². The van der Waals surface area contributed by atoms with Crippen molar-refractivity contribution in [2.45, 2.75) is 12.5 Å². The van der Waals surface area contributed by atoms with Crippen molar-refractivity contribution in [3.05, 3.63) is 42.2 Å². The lowest BCUT2D eigenvalue weighted by Gasteiger charge is -2.11. The van der Waals surface area contributed by atoms with E-state index in [9.17, 15) is 22.7 Å². The summed E-state index contributed by atoms with van der Waals surface area (Å²) in [6.07, 6.45) is -5.08. The molecule has 0 saturated carbocycles. The summed E-state index contributed by atoms with van der Waals surface area (Å²) >= 11 is 0. The van der Waals surface area contributed by atoms with Crippen LogP contribution >= 0.6 is 0 Å². The van der Waals surface area contributed by atoms with Crippen LogP contribution in [-0.4, -0.2) is 11.5 Å². The molecule has 1 aromatic rings. The van der Waals surface area contributed by atoms with E-state index >= 15 is 0 Å². The molecule has 0 bridgehead atoms. The number of aliphatic hydroxyl groups excluding tert-OH is 1. The lowest BCUT2D eigenvalue weighted by Crippen LogP contribution is -2.17. The molecule has 0 fully saturated rings. The minimum Gasteiger partial charge on any atom is -0.406 e. The number of benzene rings is 1. The van der Waals surface area contributed by atoms with Crippen LogP contribution in [0.1, 0.15) is 11.7 Å². The molecule has 0 amide bonds. The van der Waals surface area contributed by atoms with E-state index in [0.29, 0.717) is 6.07 Å². The van der Waals surface area contributed by atoms with E-state index < -0.39 is 24.0 Å². The van der Waals surface area contributed by atoms with Crippen LogP contribution in [0.3, 0.4) is 0 Å². The molecule has 0 aromatic heterocycles. The number of hydrogen-bond acceptors (Lipinski definition) is 2. The van der Waals surface area contributed by atoms with Crippen molar-refractivity contribution in [1.82, 2.24) is 0 Å². The highest BCUT2D eigenvalue weighted by Crippen LogP contribution is 2.27. The molecule has 0 saturated heterocycles. The summed E-state index contributed by atoms with van der Waals surface area (Å²) in [4.78, 5) is 0. The van der Waals surface area contributed by atoms with Crippen LogP contribution < -0.4 is 4.74 Å². The van der Waals surface area contributed by atoms with Gasteiger partial charge in [0, 0.05) is 6.07 Å². The fourth-order valence-corrected chi connectivity index (χ4v) is 1.08. The second-order valence-corrected chi connectivity index (χ2v) is 2.95. The third-order valence-electron chi connectivity index (χ3n) is 1.69. The third kappa shape index (κ3) is 3.54. The van der Waals surface area contributed by atoms with Crippen molar-refractivity contribution in [1.29, 1.82) is 0 Å². The summed E-state index contributed by atoms with van der Waals surface area (Å²) in [5.41, 5.74) is -0.0609. The van der Waals surface area contributed by atoms with Gasteiger partial charge in [0.2, 0.25) is 0 Å². The highest BCUT2D eigenvalue weighted by molar-refractivity contribution is 5.32. The van der Waals surface area contributed by atoms with Gasteiger partial charge >= 0.3 is 6.36 Å². The minimum atomic E-state index is -4.90. The summed E-state index contributed by atoms with van der Waals surface area (Å²) < 4.78 is 52.0. The molecule has 0 heterocycles. The quantitative estimate of drug-likeness (QED) is 0.645. The van der Waals surface area contributed by atoms with Crippen molar-refractivity contribution in [3.8, 4) is 5.75 Å². The Morgan fingerprint density at radius 2 is 1.94 bits per heavy atom. The van der Waals surface area contributed by atoms with Crippen molar-refractivity contribution in [2.75, 3.05) is 0 Å². The van der Waals surface area contributed by atoms with Crippen LogP contribution in [0.2, 0.25) is 0 Å². The number of halogens is 4. The van der Waals surface area contributed by atoms with Crippen molar-refractivity contribution in [3.63, 3.8) is 0 Å². The van der Waals surface area contributed by atoms with Crippen molar-refractivity contribution >= 4 is 0 Å². The van der Waals surface area contributed by atoms with E-state index in [-0.39, 0.29) is 5.56 Å². The van der Waals surface area contributed by atoms with Crippen LogP contribution in [0, 0.1) is 5.82 Å². The van der Waals surface area contributed by atoms with Gasteiger partial charge in [0.05, 0.1) is 6.10 Å². The topological polar surface area (TPSA) is 29.5 Å². The molecule has 0 aliphatic heterocycles. The zero-order valence-corrected chi connectivity index (χ0v) is 7.96. The number of aliphatic hydroxyl groups is 1. The zero-order chi connectivity index (χ0) is 12.3. The van der Waals surface area contributed by atoms with Gasteiger partial charge in [-0.3, -0.25) is 0 Å². The lowest BCUT2D eigenvalue weighted by atomic mass is 10.1. The molecule has 2 nitrogen and oxygen atoms in total. The van der Waals surface area contributed by atoms with E-state index in [1.54, 1.807) is 0 Å². The van der Waals surface area contributed by atoms with Gasteiger partial charge in [0.25, 0.3) is 0 Å². The van der Waals surface area contributed by atoms with Gasteiger partial charge in [0.15, 0.2) is 0 Å². The average Bonchev–Trinajstić information content (AvgIpc) is 2.12. The lowest BCUT2D eigenvalue weighted by molar-refractivity contribution is -0.274. The molecule has 1 N–H and O–H groups in total. The second-order valence-electron chi connectivity index (χ2n) is 2.95. The molecule has 0 aliphatic rings. The van der Waals surface area contributed by atoms with Gasteiger partial charge in [-0.2, -0.15) is 0 Å². The Hall–Kier alpha value is -1.56. The largest absolute Gasteiger partial charge is 0.573 e. The molecule has 0 aliphatic carbocycles. The van der Waals surface area contributed by atoms with Gasteiger partial charge < -0.3 is 9.84 Å². The Kier molecular flexibility index (Phi) is 3.54. The number of ether oxygens (including phenoxy) is 1. The molecule has 1 unspecified atom stereocenters. The molecule has 16 heavy (non-hydrogen) atoms. The van der Waals surface area contributed by atoms with E-state index in [1.165, 1.54) is 0 Å². The first-order valence-electron chi connectivity index (χ1n) is 4.18. The first kappa shape index (κ1) is 12.5. The van der Waals surface area contributed by atoms with Gasteiger partial charge in [-0.25, -0.2) is 4.39 Å². The van der Waals surface area contributed by atoms with E-state index in [2.05, 4.69) is 11.3 Å². The van der Waals surface area contributed by atoms with E-state index in [1.807, 2.05) is 0 Å². The normalized spacial score (nSPS) is 13.3. The fraction of sp³-hybridized carbons (Fsp3) is 0.200. The fourth-order valence-electron chi connectivity index (χ4n) is 1.08. The summed E-state index contributed by atoms with van der Waals surface area (Å²) in [5.74, 6) is -1.65.